The molecule has 0 aliphatic rings. The second kappa shape index (κ2) is 6.39. The van der Waals surface area contributed by atoms with Crippen LogP contribution in [0.5, 0.6) is 0 Å². The molecule has 20 heavy (non-hydrogen) atoms. The summed E-state index contributed by atoms with van der Waals surface area (Å²) >= 11 is 6.62. The van der Waals surface area contributed by atoms with Crippen LogP contribution < -0.4 is 4.72 Å². The number of halogens is 2. The third kappa shape index (κ3) is 3.69. The van der Waals surface area contributed by atoms with Gasteiger partial charge in [0.05, 0.1) is 4.90 Å². The van der Waals surface area contributed by atoms with Gasteiger partial charge in [-0.3, -0.25) is 0 Å². The second-order valence-electron chi connectivity index (χ2n) is 4.32. The average Bonchev–Trinajstić information content (AvgIpc) is 2.39. The lowest BCUT2D eigenvalue weighted by Gasteiger charge is -2.15. The molecule has 6 heteroatoms. The van der Waals surface area contributed by atoms with Gasteiger partial charge in [0, 0.05) is 15.0 Å². The molecule has 2 aromatic carbocycles. The molecule has 3 nitrogen and oxygen atoms in total. The van der Waals surface area contributed by atoms with Gasteiger partial charge in [0.15, 0.2) is 0 Å². The van der Waals surface area contributed by atoms with Gasteiger partial charge in [0.1, 0.15) is 0 Å². The molecule has 0 saturated heterocycles. The highest BCUT2D eigenvalue weighted by atomic mass is 79.9. The topological polar surface area (TPSA) is 46.2 Å². The lowest BCUT2D eigenvalue weighted by molar-refractivity contribution is 0.566. The number of hydrogen-bond acceptors (Lipinski definition) is 2. The summed E-state index contributed by atoms with van der Waals surface area (Å²) in [5.41, 5.74) is 0.906. The Morgan fingerprint density at radius 2 is 1.60 bits per heavy atom. The van der Waals surface area contributed by atoms with E-state index >= 15 is 0 Å². The fourth-order valence-electron chi connectivity index (χ4n) is 1.78. The normalized spacial score (nSPS) is 13.2. The Labute approximate surface area is 135 Å². The van der Waals surface area contributed by atoms with Crippen LogP contribution in [0.1, 0.15) is 18.5 Å². The van der Waals surface area contributed by atoms with Gasteiger partial charge in [-0.2, -0.15) is 0 Å². The van der Waals surface area contributed by atoms with Crippen LogP contribution in [0.15, 0.2) is 62.4 Å². The zero-order chi connectivity index (χ0) is 14.8. The first-order valence-corrected chi connectivity index (χ1v) is 8.99. The lowest BCUT2D eigenvalue weighted by atomic mass is 10.1. The Bertz CT molecular complexity index is 699. The smallest absolute Gasteiger partial charge is 0.207 e. The van der Waals surface area contributed by atoms with Gasteiger partial charge in [0.25, 0.3) is 0 Å². The van der Waals surface area contributed by atoms with Crippen LogP contribution in [-0.2, 0) is 10.0 Å². The number of benzene rings is 2. The molecule has 0 saturated carbocycles. The van der Waals surface area contributed by atoms with Gasteiger partial charge in [-0.05, 0) is 52.7 Å². The van der Waals surface area contributed by atoms with Crippen molar-refractivity contribution in [3.63, 3.8) is 0 Å². The van der Waals surface area contributed by atoms with E-state index in [-0.39, 0.29) is 10.9 Å². The Balaban J connectivity index is 2.24. The maximum absolute atomic E-state index is 12.4. The molecule has 0 radical (unpaired) electrons. The summed E-state index contributed by atoms with van der Waals surface area (Å²) < 4.78 is 28.9. The van der Waals surface area contributed by atoms with Crippen molar-refractivity contribution >= 4 is 41.9 Å². The largest absolute Gasteiger partial charge is 0.242 e. The van der Waals surface area contributed by atoms with Crippen molar-refractivity contribution in [2.75, 3.05) is 0 Å². The SMILES string of the molecule is C[C@H](NS(=O)(=O)c1ccccc1Br)c1ccc(Br)cc1. The van der Waals surface area contributed by atoms with Crippen LogP contribution in [0.2, 0.25) is 0 Å². The Hall–Kier alpha value is -0.690. The fraction of sp³-hybridized carbons (Fsp3) is 0.143. The Kier molecular flexibility index (Phi) is 5.01. The zero-order valence-electron chi connectivity index (χ0n) is 10.7. The van der Waals surface area contributed by atoms with Crippen molar-refractivity contribution < 1.29 is 8.42 Å². The minimum absolute atomic E-state index is 0.240. The molecule has 106 valence electrons. The molecule has 0 aliphatic carbocycles. The third-order valence-corrected chi connectivity index (χ3v) is 5.91. The number of sulfonamides is 1. The Morgan fingerprint density at radius 1 is 1.00 bits per heavy atom. The summed E-state index contributed by atoms with van der Waals surface area (Å²) in [4.78, 5) is 0.240. The molecule has 0 spiro atoms. The van der Waals surface area contributed by atoms with E-state index in [4.69, 9.17) is 0 Å². The van der Waals surface area contributed by atoms with Gasteiger partial charge in [-0.1, -0.05) is 40.2 Å². The summed E-state index contributed by atoms with van der Waals surface area (Å²) in [6.45, 7) is 1.82. The van der Waals surface area contributed by atoms with Gasteiger partial charge in [-0.25, -0.2) is 13.1 Å². The first-order chi connectivity index (χ1) is 9.40. The minimum atomic E-state index is -3.56. The highest BCUT2D eigenvalue weighted by Crippen LogP contribution is 2.24. The maximum atomic E-state index is 12.4. The van der Waals surface area contributed by atoms with Gasteiger partial charge in [0.2, 0.25) is 10.0 Å². The molecular formula is C14H13Br2NO2S. The maximum Gasteiger partial charge on any atom is 0.242 e. The molecule has 0 bridgehead atoms. The van der Waals surface area contributed by atoms with E-state index in [1.54, 1.807) is 24.3 Å². The fourth-order valence-corrected chi connectivity index (χ4v) is 4.28. The van der Waals surface area contributed by atoms with Crippen LogP contribution in [0, 0.1) is 0 Å². The summed E-state index contributed by atoms with van der Waals surface area (Å²) in [7, 11) is -3.56. The van der Waals surface area contributed by atoms with E-state index in [1.807, 2.05) is 31.2 Å². The van der Waals surface area contributed by atoms with Crippen LogP contribution >= 0.6 is 31.9 Å². The summed E-state index contributed by atoms with van der Waals surface area (Å²) in [5, 5.41) is 0. The van der Waals surface area contributed by atoms with E-state index in [1.165, 1.54) is 0 Å². The first-order valence-electron chi connectivity index (χ1n) is 5.92. The van der Waals surface area contributed by atoms with E-state index in [9.17, 15) is 8.42 Å². The van der Waals surface area contributed by atoms with Gasteiger partial charge < -0.3 is 0 Å². The average molecular weight is 419 g/mol. The molecule has 1 atom stereocenters. The molecule has 0 unspecified atom stereocenters. The third-order valence-electron chi connectivity index (χ3n) is 2.83. The number of nitrogens with one attached hydrogen (secondary N) is 1. The molecule has 0 amide bonds. The summed E-state index contributed by atoms with van der Waals surface area (Å²) in [6, 6.07) is 14.0. The minimum Gasteiger partial charge on any atom is -0.207 e. The van der Waals surface area contributed by atoms with Crippen molar-refractivity contribution in [3.05, 3.63) is 63.0 Å². The van der Waals surface area contributed by atoms with Gasteiger partial charge >= 0.3 is 0 Å². The van der Waals surface area contributed by atoms with Crippen molar-refractivity contribution in [2.24, 2.45) is 0 Å². The molecule has 1 N–H and O–H groups in total. The lowest BCUT2D eigenvalue weighted by Crippen LogP contribution is -2.27. The van der Waals surface area contributed by atoms with E-state index in [0.717, 1.165) is 10.0 Å². The van der Waals surface area contributed by atoms with E-state index in [0.29, 0.717) is 4.47 Å². The second-order valence-corrected chi connectivity index (χ2v) is 7.78. The van der Waals surface area contributed by atoms with Crippen LogP contribution in [0.3, 0.4) is 0 Å². The molecule has 2 rings (SSSR count). The van der Waals surface area contributed by atoms with E-state index in [2.05, 4.69) is 36.6 Å². The van der Waals surface area contributed by atoms with Crippen molar-refractivity contribution in [2.45, 2.75) is 17.9 Å². The number of rotatable bonds is 4. The standard InChI is InChI=1S/C14H13Br2NO2S/c1-10(11-6-8-12(15)9-7-11)17-20(18,19)14-5-3-2-4-13(14)16/h2-10,17H,1H3/t10-/m0/s1. The predicted molar refractivity (Wildman–Crippen MR) is 87.0 cm³/mol. The zero-order valence-corrected chi connectivity index (χ0v) is 14.7. The van der Waals surface area contributed by atoms with Crippen molar-refractivity contribution in [3.8, 4) is 0 Å². The molecule has 2 aromatic rings. The highest BCUT2D eigenvalue weighted by molar-refractivity contribution is 9.10. The van der Waals surface area contributed by atoms with Crippen LogP contribution in [0.4, 0.5) is 0 Å². The molecule has 0 aromatic heterocycles. The van der Waals surface area contributed by atoms with E-state index < -0.39 is 10.0 Å². The molecule has 0 aliphatic heterocycles. The summed E-state index contributed by atoms with van der Waals surface area (Å²) in [6.07, 6.45) is 0. The quantitative estimate of drug-likeness (QED) is 0.806. The molecular weight excluding hydrogens is 406 g/mol. The predicted octanol–water partition coefficient (Wildman–Crippen LogP) is 4.25. The van der Waals surface area contributed by atoms with Crippen LogP contribution in [-0.4, -0.2) is 8.42 Å². The molecule has 0 fully saturated rings. The monoisotopic (exact) mass is 417 g/mol. The first kappa shape index (κ1) is 15.7. The Morgan fingerprint density at radius 3 is 2.20 bits per heavy atom. The molecule has 0 heterocycles. The number of hydrogen-bond donors (Lipinski definition) is 1. The highest BCUT2D eigenvalue weighted by Gasteiger charge is 2.20. The summed E-state index contributed by atoms with van der Waals surface area (Å²) in [5.74, 6) is 0. The van der Waals surface area contributed by atoms with Crippen molar-refractivity contribution in [1.29, 1.82) is 0 Å². The van der Waals surface area contributed by atoms with Crippen LogP contribution in [0.25, 0.3) is 0 Å². The van der Waals surface area contributed by atoms with Gasteiger partial charge in [-0.15, -0.1) is 0 Å². The van der Waals surface area contributed by atoms with Crippen molar-refractivity contribution in [1.82, 2.24) is 4.72 Å².